The zero-order valence-electron chi connectivity index (χ0n) is 13.7. The number of rotatable bonds is 4. The van der Waals surface area contributed by atoms with Crippen molar-refractivity contribution in [3.05, 3.63) is 87.0 Å². The molecular formula is C18H11FN4O4. The monoisotopic (exact) mass is 366 g/mol. The number of halogens is 1. The average Bonchev–Trinajstić information content (AvgIpc) is 3.13. The number of aromatic nitrogens is 3. The number of hydrogen-bond donors (Lipinski definition) is 0. The molecule has 0 aliphatic rings. The average molecular weight is 366 g/mol. The van der Waals surface area contributed by atoms with Crippen molar-refractivity contribution >= 4 is 16.6 Å². The maximum Gasteiger partial charge on any atom is 0.271 e. The Morgan fingerprint density at radius 3 is 2.70 bits per heavy atom. The van der Waals surface area contributed by atoms with Gasteiger partial charge in [-0.05, 0) is 30.3 Å². The molecule has 0 fully saturated rings. The number of nitro groups is 1. The van der Waals surface area contributed by atoms with Crippen molar-refractivity contribution in [1.29, 1.82) is 0 Å². The molecule has 0 spiro atoms. The summed E-state index contributed by atoms with van der Waals surface area (Å²) in [5.74, 6) is -0.0537. The Morgan fingerprint density at radius 2 is 1.96 bits per heavy atom. The molecule has 4 aromatic rings. The minimum Gasteiger partial charge on any atom is -0.444 e. The highest BCUT2D eigenvalue weighted by molar-refractivity contribution is 5.79. The summed E-state index contributed by atoms with van der Waals surface area (Å²) >= 11 is 0. The summed E-state index contributed by atoms with van der Waals surface area (Å²) in [6, 6.07) is 9.59. The van der Waals surface area contributed by atoms with Crippen LogP contribution in [0.5, 0.6) is 0 Å². The first kappa shape index (κ1) is 16.6. The third-order valence-corrected chi connectivity index (χ3v) is 3.99. The molecule has 8 nitrogen and oxygen atoms in total. The van der Waals surface area contributed by atoms with E-state index in [1.54, 1.807) is 12.1 Å². The molecule has 2 aromatic heterocycles. The van der Waals surface area contributed by atoms with Gasteiger partial charge in [0.15, 0.2) is 0 Å². The van der Waals surface area contributed by atoms with E-state index in [9.17, 15) is 19.3 Å². The van der Waals surface area contributed by atoms with Crippen LogP contribution in [0.15, 0.2) is 64.3 Å². The van der Waals surface area contributed by atoms with E-state index in [1.807, 2.05) is 0 Å². The summed E-state index contributed by atoms with van der Waals surface area (Å²) in [6.45, 7) is 0.115. The van der Waals surface area contributed by atoms with E-state index >= 15 is 0 Å². The Hall–Kier alpha value is -3.88. The van der Waals surface area contributed by atoms with Crippen LogP contribution in [0.3, 0.4) is 0 Å². The Morgan fingerprint density at radius 1 is 1.19 bits per heavy atom. The molecule has 0 bridgehead atoms. The van der Waals surface area contributed by atoms with Crippen molar-refractivity contribution in [2.24, 2.45) is 0 Å². The van der Waals surface area contributed by atoms with Gasteiger partial charge in [-0.15, -0.1) is 0 Å². The lowest BCUT2D eigenvalue weighted by Gasteiger charge is -2.04. The van der Waals surface area contributed by atoms with E-state index in [2.05, 4.69) is 9.97 Å². The summed E-state index contributed by atoms with van der Waals surface area (Å²) in [6.07, 6.45) is 2.71. The molecule has 0 aliphatic carbocycles. The van der Waals surface area contributed by atoms with Crippen LogP contribution in [-0.4, -0.2) is 19.5 Å². The van der Waals surface area contributed by atoms with Crippen molar-refractivity contribution in [2.75, 3.05) is 0 Å². The van der Waals surface area contributed by atoms with E-state index in [1.165, 1.54) is 47.5 Å². The standard InChI is InChI=1S/C18H11FN4O4/c19-12-3-1-11(2-4-12)17-21-13(9-27-17)8-22-10-20-16-7-14(23(25)26)5-6-15(16)18(22)24/h1-7,9-10H,8H2. The van der Waals surface area contributed by atoms with Gasteiger partial charge < -0.3 is 4.42 Å². The molecule has 0 amide bonds. The first-order valence-electron chi connectivity index (χ1n) is 7.85. The zero-order valence-corrected chi connectivity index (χ0v) is 13.7. The van der Waals surface area contributed by atoms with Crippen molar-refractivity contribution in [2.45, 2.75) is 6.54 Å². The topological polar surface area (TPSA) is 104 Å². The summed E-state index contributed by atoms with van der Waals surface area (Å²) < 4.78 is 19.7. The minimum atomic E-state index is -0.543. The molecule has 9 heteroatoms. The lowest BCUT2D eigenvalue weighted by molar-refractivity contribution is -0.384. The number of benzene rings is 2. The van der Waals surface area contributed by atoms with Crippen LogP contribution in [-0.2, 0) is 6.54 Å². The van der Waals surface area contributed by atoms with Gasteiger partial charge in [-0.3, -0.25) is 19.5 Å². The van der Waals surface area contributed by atoms with Gasteiger partial charge in [0.1, 0.15) is 12.1 Å². The van der Waals surface area contributed by atoms with E-state index in [0.29, 0.717) is 17.1 Å². The van der Waals surface area contributed by atoms with Crippen LogP contribution in [0.25, 0.3) is 22.4 Å². The molecule has 4 rings (SSSR count). The predicted molar refractivity (Wildman–Crippen MR) is 93.7 cm³/mol. The van der Waals surface area contributed by atoms with Crippen molar-refractivity contribution in [1.82, 2.24) is 14.5 Å². The number of oxazole rings is 1. The van der Waals surface area contributed by atoms with Gasteiger partial charge in [0, 0.05) is 17.7 Å². The van der Waals surface area contributed by atoms with Crippen molar-refractivity contribution in [3.8, 4) is 11.5 Å². The molecule has 2 heterocycles. The summed E-state index contributed by atoms with van der Waals surface area (Å²) in [7, 11) is 0. The highest BCUT2D eigenvalue weighted by Gasteiger charge is 2.12. The number of nitrogens with zero attached hydrogens (tertiary/aromatic N) is 4. The number of non-ortho nitro benzene ring substituents is 1. The van der Waals surface area contributed by atoms with Gasteiger partial charge in [-0.1, -0.05) is 0 Å². The second kappa shape index (κ2) is 6.45. The van der Waals surface area contributed by atoms with E-state index in [4.69, 9.17) is 4.42 Å². The normalized spacial score (nSPS) is 11.0. The van der Waals surface area contributed by atoms with E-state index < -0.39 is 4.92 Å². The molecule has 0 unspecified atom stereocenters. The van der Waals surface area contributed by atoms with Gasteiger partial charge in [0.25, 0.3) is 11.2 Å². The molecule has 0 aliphatic heterocycles. The van der Waals surface area contributed by atoms with Gasteiger partial charge >= 0.3 is 0 Å². The number of hydrogen-bond acceptors (Lipinski definition) is 6. The Bertz CT molecular complexity index is 1210. The maximum absolute atomic E-state index is 13.0. The Kier molecular flexibility index (Phi) is 3.96. The second-order valence-electron chi connectivity index (χ2n) is 5.79. The second-order valence-corrected chi connectivity index (χ2v) is 5.79. The van der Waals surface area contributed by atoms with Crippen molar-refractivity contribution in [3.63, 3.8) is 0 Å². The van der Waals surface area contributed by atoms with Crippen LogP contribution < -0.4 is 5.56 Å². The largest absolute Gasteiger partial charge is 0.444 e. The summed E-state index contributed by atoms with van der Waals surface area (Å²) in [4.78, 5) is 31.3. The van der Waals surface area contributed by atoms with Crippen LogP contribution in [0.4, 0.5) is 10.1 Å². The number of fused-ring (bicyclic) bond motifs is 1. The summed E-state index contributed by atoms with van der Waals surface area (Å²) in [5.41, 5.74) is 0.866. The predicted octanol–water partition coefficient (Wildman–Crippen LogP) is 3.15. The lowest BCUT2D eigenvalue weighted by atomic mass is 10.2. The van der Waals surface area contributed by atoms with Gasteiger partial charge in [0.2, 0.25) is 5.89 Å². The first-order valence-corrected chi connectivity index (χ1v) is 7.85. The fourth-order valence-corrected chi connectivity index (χ4v) is 2.65. The van der Waals surface area contributed by atoms with E-state index in [0.717, 1.165) is 0 Å². The summed E-state index contributed by atoms with van der Waals surface area (Å²) in [5, 5.41) is 11.1. The Labute approximate surface area is 150 Å². The third-order valence-electron chi connectivity index (χ3n) is 3.99. The maximum atomic E-state index is 13.0. The van der Waals surface area contributed by atoms with Crippen molar-refractivity contribution < 1.29 is 13.7 Å². The quantitative estimate of drug-likeness (QED) is 0.406. The highest BCUT2D eigenvalue weighted by atomic mass is 19.1. The fraction of sp³-hybridized carbons (Fsp3) is 0.0556. The molecule has 0 N–H and O–H groups in total. The smallest absolute Gasteiger partial charge is 0.271 e. The molecule has 2 aromatic carbocycles. The zero-order chi connectivity index (χ0) is 19.0. The van der Waals surface area contributed by atoms with Crippen LogP contribution in [0.2, 0.25) is 0 Å². The molecule has 0 atom stereocenters. The van der Waals surface area contributed by atoms with E-state index in [-0.39, 0.29) is 34.5 Å². The highest BCUT2D eigenvalue weighted by Crippen LogP contribution is 2.20. The molecule has 134 valence electrons. The molecule has 0 saturated heterocycles. The molecule has 0 saturated carbocycles. The SMILES string of the molecule is O=c1c2ccc([N+](=O)[O-])cc2ncn1Cc1coc(-c2ccc(F)cc2)n1. The fourth-order valence-electron chi connectivity index (χ4n) is 2.65. The minimum absolute atomic E-state index is 0.115. The Balaban J connectivity index is 1.65. The first-order chi connectivity index (χ1) is 13.0. The van der Waals surface area contributed by atoms with Crippen LogP contribution in [0, 0.1) is 15.9 Å². The molecule has 0 radical (unpaired) electrons. The number of nitro benzene ring substituents is 1. The molecule has 27 heavy (non-hydrogen) atoms. The van der Waals surface area contributed by atoms with Gasteiger partial charge in [-0.2, -0.15) is 0 Å². The molecular weight excluding hydrogens is 355 g/mol. The van der Waals surface area contributed by atoms with Crippen LogP contribution >= 0.6 is 0 Å². The lowest BCUT2D eigenvalue weighted by Crippen LogP contribution is -2.21. The third kappa shape index (κ3) is 3.17. The van der Waals surface area contributed by atoms with Gasteiger partial charge in [0.05, 0.1) is 34.4 Å². The van der Waals surface area contributed by atoms with Gasteiger partial charge in [-0.25, -0.2) is 14.4 Å². The van der Waals surface area contributed by atoms with Crippen LogP contribution in [0.1, 0.15) is 5.69 Å².